The highest BCUT2D eigenvalue weighted by Crippen LogP contribution is 2.39. The largest absolute Gasteiger partial charge is 0.465 e. The zero-order valence-electron chi connectivity index (χ0n) is 8.84. The molecule has 0 amide bonds. The average Bonchev–Trinajstić information content (AvgIpc) is 2.25. The second kappa shape index (κ2) is 5.63. The molecule has 0 heterocycles. The van der Waals surface area contributed by atoms with Crippen LogP contribution in [0.4, 0.5) is 13.2 Å². The van der Waals surface area contributed by atoms with Crippen LogP contribution in [0.25, 0.3) is 0 Å². The van der Waals surface area contributed by atoms with E-state index in [1.54, 1.807) is 6.07 Å². The Bertz CT molecular complexity index is 525. The van der Waals surface area contributed by atoms with Crippen molar-refractivity contribution in [2.45, 2.75) is 10.4 Å². The SMILES string of the molecule is COC(=O)c1cc(SC(F)(F)F)cc(Br)c1C#N. The van der Waals surface area contributed by atoms with Gasteiger partial charge in [-0.05, 0) is 39.8 Å². The summed E-state index contributed by atoms with van der Waals surface area (Å²) in [6.07, 6.45) is 0. The van der Waals surface area contributed by atoms with Crippen LogP contribution in [0.2, 0.25) is 0 Å². The van der Waals surface area contributed by atoms with E-state index in [2.05, 4.69) is 20.7 Å². The van der Waals surface area contributed by atoms with E-state index < -0.39 is 11.5 Å². The quantitative estimate of drug-likeness (QED) is 0.608. The predicted octanol–water partition coefficient (Wildman–Crippen LogP) is 3.72. The van der Waals surface area contributed by atoms with E-state index in [9.17, 15) is 18.0 Å². The Morgan fingerprint density at radius 1 is 1.50 bits per heavy atom. The fourth-order valence-corrected chi connectivity index (χ4v) is 2.48. The highest BCUT2D eigenvalue weighted by atomic mass is 79.9. The van der Waals surface area contributed by atoms with Gasteiger partial charge in [0.05, 0.1) is 18.2 Å². The van der Waals surface area contributed by atoms with Crippen LogP contribution < -0.4 is 0 Å². The van der Waals surface area contributed by atoms with Gasteiger partial charge in [-0.2, -0.15) is 18.4 Å². The molecule has 0 aromatic heterocycles. The molecule has 0 fully saturated rings. The van der Waals surface area contributed by atoms with E-state index >= 15 is 0 Å². The van der Waals surface area contributed by atoms with Crippen molar-refractivity contribution in [3.63, 3.8) is 0 Å². The fourth-order valence-electron chi connectivity index (χ4n) is 1.16. The molecule has 0 N–H and O–H groups in total. The van der Waals surface area contributed by atoms with Gasteiger partial charge in [-0.25, -0.2) is 4.79 Å². The van der Waals surface area contributed by atoms with Gasteiger partial charge in [-0.3, -0.25) is 0 Å². The van der Waals surface area contributed by atoms with Crippen molar-refractivity contribution in [3.8, 4) is 6.07 Å². The number of nitrogens with zero attached hydrogens (tertiary/aromatic N) is 1. The van der Waals surface area contributed by atoms with Crippen LogP contribution in [0.5, 0.6) is 0 Å². The topological polar surface area (TPSA) is 50.1 Å². The van der Waals surface area contributed by atoms with Crippen LogP contribution in [0.1, 0.15) is 15.9 Å². The summed E-state index contributed by atoms with van der Waals surface area (Å²) in [5, 5.41) is 8.85. The molecule has 1 aromatic rings. The molecule has 96 valence electrons. The van der Waals surface area contributed by atoms with Gasteiger partial charge in [-0.15, -0.1) is 0 Å². The van der Waals surface area contributed by atoms with Crippen LogP contribution in [0.3, 0.4) is 0 Å². The number of carbonyl (C=O) groups is 1. The average molecular weight is 340 g/mol. The molecule has 0 aliphatic carbocycles. The maximum atomic E-state index is 12.2. The number of rotatable bonds is 2. The highest BCUT2D eigenvalue weighted by molar-refractivity contribution is 9.10. The molecule has 8 heteroatoms. The van der Waals surface area contributed by atoms with Crippen molar-refractivity contribution >= 4 is 33.7 Å². The summed E-state index contributed by atoms with van der Waals surface area (Å²) in [5.74, 6) is -0.864. The van der Waals surface area contributed by atoms with Gasteiger partial charge in [0.1, 0.15) is 6.07 Å². The Kier molecular flexibility index (Phi) is 4.65. The zero-order valence-corrected chi connectivity index (χ0v) is 11.2. The Morgan fingerprint density at radius 3 is 2.56 bits per heavy atom. The number of thioether (sulfide) groups is 1. The number of esters is 1. The summed E-state index contributed by atoms with van der Waals surface area (Å²) in [6.45, 7) is 0. The first-order valence-corrected chi connectivity index (χ1v) is 5.97. The zero-order chi connectivity index (χ0) is 13.9. The van der Waals surface area contributed by atoms with Gasteiger partial charge < -0.3 is 4.74 Å². The third-order valence-electron chi connectivity index (χ3n) is 1.81. The van der Waals surface area contributed by atoms with Gasteiger partial charge in [-0.1, -0.05) is 0 Å². The van der Waals surface area contributed by atoms with E-state index in [4.69, 9.17) is 5.26 Å². The van der Waals surface area contributed by atoms with E-state index in [-0.39, 0.29) is 32.3 Å². The Morgan fingerprint density at radius 2 is 2.11 bits per heavy atom. The van der Waals surface area contributed by atoms with Crippen LogP contribution in [-0.2, 0) is 4.74 Å². The molecule has 0 aliphatic heterocycles. The first kappa shape index (κ1) is 14.9. The molecule has 1 rings (SSSR count). The van der Waals surface area contributed by atoms with E-state index in [1.165, 1.54) is 0 Å². The van der Waals surface area contributed by atoms with E-state index in [1.807, 2.05) is 0 Å². The minimum absolute atomic E-state index is 0.0617. The number of alkyl halides is 3. The molecule has 0 atom stereocenters. The molecule has 3 nitrogen and oxygen atoms in total. The smallest absolute Gasteiger partial charge is 0.446 e. The summed E-state index contributed by atoms with van der Waals surface area (Å²) >= 11 is 2.58. The van der Waals surface area contributed by atoms with Gasteiger partial charge in [0.15, 0.2) is 0 Å². The third kappa shape index (κ3) is 3.65. The maximum absolute atomic E-state index is 12.2. The lowest BCUT2D eigenvalue weighted by molar-refractivity contribution is -0.0328. The number of nitriles is 1. The second-order valence-corrected chi connectivity index (χ2v) is 4.97. The lowest BCUT2D eigenvalue weighted by Crippen LogP contribution is -2.06. The molecule has 0 aliphatic rings. The molecule has 18 heavy (non-hydrogen) atoms. The number of halogens is 4. The molecule has 0 bridgehead atoms. The predicted molar refractivity (Wildman–Crippen MR) is 62.1 cm³/mol. The normalized spacial score (nSPS) is 10.9. The lowest BCUT2D eigenvalue weighted by Gasteiger charge is -2.09. The summed E-state index contributed by atoms with van der Waals surface area (Å²) in [7, 11) is 1.08. The first-order chi connectivity index (χ1) is 8.28. The summed E-state index contributed by atoms with van der Waals surface area (Å²) in [4.78, 5) is 11.2. The monoisotopic (exact) mass is 339 g/mol. The Labute approximate surface area is 113 Å². The van der Waals surface area contributed by atoms with Crippen molar-refractivity contribution in [3.05, 3.63) is 27.7 Å². The highest BCUT2D eigenvalue weighted by Gasteiger charge is 2.30. The second-order valence-electron chi connectivity index (χ2n) is 2.98. The molecule has 0 saturated carbocycles. The van der Waals surface area contributed by atoms with Gasteiger partial charge in [0.25, 0.3) is 0 Å². The standard InChI is InChI=1S/C10H5BrF3NO2S/c1-17-9(16)6-2-5(18-10(12,13)14)3-8(11)7(6)4-15/h2-3H,1H3. The first-order valence-electron chi connectivity index (χ1n) is 4.36. The summed E-state index contributed by atoms with van der Waals surface area (Å²) < 4.78 is 41.2. The van der Waals surface area contributed by atoms with Gasteiger partial charge in [0.2, 0.25) is 0 Å². The fraction of sp³-hybridized carbons (Fsp3) is 0.200. The van der Waals surface area contributed by atoms with E-state index in [0.29, 0.717) is 0 Å². The van der Waals surface area contributed by atoms with Gasteiger partial charge in [0, 0.05) is 9.37 Å². The van der Waals surface area contributed by atoms with Crippen molar-refractivity contribution in [1.29, 1.82) is 5.26 Å². The van der Waals surface area contributed by atoms with Crippen LogP contribution >= 0.6 is 27.7 Å². The lowest BCUT2D eigenvalue weighted by atomic mass is 10.1. The molecular formula is C10H5BrF3NO2S. The molecular weight excluding hydrogens is 335 g/mol. The number of ether oxygens (including phenoxy) is 1. The number of hydrogen-bond donors (Lipinski definition) is 0. The minimum atomic E-state index is -4.47. The number of benzene rings is 1. The van der Waals surface area contributed by atoms with Gasteiger partial charge >= 0.3 is 11.5 Å². The Balaban J connectivity index is 3.32. The number of carbonyl (C=O) groups excluding carboxylic acids is 1. The molecule has 0 saturated heterocycles. The van der Waals surface area contributed by atoms with Crippen LogP contribution in [0, 0.1) is 11.3 Å². The van der Waals surface area contributed by atoms with Crippen LogP contribution in [0.15, 0.2) is 21.5 Å². The molecule has 0 unspecified atom stereocenters. The van der Waals surface area contributed by atoms with Crippen molar-refractivity contribution in [2.75, 3.05) is 7.11 Å². The Hall–Kier alpha value is -1.20. The van der Waals surface area contributed by atoms with Crippen LogP contribution in [-0.4, -0.2) is 18.6 Å². The third-order valence-corrected chi connectivity index (χ3v) is 3.14. The molecule has 0 spiro atoms. The molecule has 1 aromatic carbocycles. The minimum Gasteiger partial charge on any atom is -0.465 e. The maximum Gasteiger partial charge on any atom is 0.446 e. The number of methoxy groups -OCH3 is 1. The van der Waals surface area contributed by atoms with Crippen molar-refractivity contribution in [1.82, 2.24) is 0 Å². The number of hydrogen-bond acceptors (Lipinski definition) is 4. The van der Waals surface area contributed by atoms with Crippen molar-refractivity contribution in [2.24, 2.45) is 0 Å². The molecule has 0 radical (unpaired) electrons. The summed E-state index contributed by atoms with van der Waals surface area (Å²) in [6, 6.07) is 3.84. The summed E-state index contributed by atoms with van der Waals surface area (Å²) in [5.41, 5.74) is -4.74. The van der Waals surface area contributed by atoms with Crippen molar-refractivity contribution < 1.29 is 22.7 Å². The van der Waals surface area contributed by atoms with E-state index in [0.717, 1.165) is 19.2 Å².